The van der Waals surface area contributed by atoms with Crippen molar-refractivity contribution in [3.05, 3.63) is 52.6 Å². The van der Waals surface area contributed by atoms with Gasteiger partial charge in [0.05, 0.1) is 30.0 Å². The second-order valence-electron chi connectivity index (χ2n) is 15.1. The number of anilines is 1. The van der Waals surface area contributed by atoms with E-state index < -0.39 is 53.5 Å². The number of fused-ring (bicyclic) bond motifs is 1. The summed E-state index contributed by atoms with van der Waals surface area (Å²) in [5.41, 5.74) is -2.29. The van der Waals surface area contributed by atoms with Gasteiger partial charge in [-0.1, -0.05) is 52.1 Å². The summed E-state index contributed by atoms with van der Waals surface area (Å²) in [6.07, 6.45) is 1.80. The highest BCUT2D eigenvalue weighted by atomic mass is 28.3. The Morgan fingerprint density at radius 3 is 2.33 bits per heavy atom. The molecule has 13 nitrogen and oxygen atoms in total. The number of carbonyl (C=O) groups is 1. The van der Waals surface area contributed by atoms with Gasteiger partial charge in [0, 0.05) is 18.1 Å². The Balaban J connectivity index is 1.87. The molecular weight excluding hydrogens is 608 g/mol. The molecule has 1 aromatic carbocycles. The van der Waals surface area contributed by atoms with Gasteiger partial charge in [-0.05, 0) is 47.0 Å². The normalized spacial score (nSPS) is 22.4. The molecule has 0 unspecified atom stereocenters. The first kappa shape index (κ1) is 35.4. The first-order valence-electron chi connectivity index (χ1n) is 15.4. The van der Waals surface area contributed by atoms with E-state index in [0.717, 1.165) is 0 Å². The van der Waals surface area contributed by atoms with Gasteiger partial charge in [0.25, 0.3) is 5.69 Å². The smallest absolute Gasteiger partial charge is 0.416 e. The highest BCUT2D eigenvalue weighted by Crippen LogP contribution is 2.52. The molecule has 0 spiro atoms. The molecule has 0 bridgehead atoms. The summed E-state index contributed by atoms with van der Waals surface area (Å²) >= 11 is 0. The average Bonchev–Trinajstić information content (AvgIpc) is 3.49. The molecule has 2 aromatic heterocycles. The summed E-state index contributed by atoms with van der Waals surface area (Å²) in [7, 11) is -1.39. The molecule has 0 saturated carbocycles. The summed E-state index contributed by atoms with van der Waals surface area (Å²) in [5.74, 6) is 0.129. The van der Waals surface area contributed by atoms with Gasteiger partial charge in [0.2, 0.25) is 0 Å². The van der Waals surface area contributed by atoms with Crippen LogP contribution in [0.3, 0.4) is 0 Å². The molecule has 4 rings (SSSR count). The number of ether oxygens (including phenoxy) is 3. The third-order valence-electron chi connectivity index (χ3n) is 8.22. The van der Waals surface area contributed by atoms with Gasteiger partial charge in [-0.15, -0.1) is 0 Å². The van der Waals surface area contributed by atoms with Gasteiger partial charge >= 0.3 is 6.09 Å². The van der Waals surface area contributed by atoms with E-state index in [2.05, 4.69) is 28.0 Å². The zero-order valence-electron chi connectivity index (χ0n) is 28.7. The highest BCUT2D eigenvalue weighted by molar-refractivity contribution is 6.58. The number of hydrogen-bond donors (Lipinski definition) is 1. The van der Waals surface area contributed by atoms with Crippen LogP contribution in [0.5, 0.6) is 0 Å². The molecule has 46 heavy (non-hydrogen) atoms. The van der Waals surface area contributed by atoms with Crippen LogP contribution in [0, 0.1) is 15.5 Å². The molecule has 1 N–H and O–H groups in total. The zero-order valence-corrected chi connectivity index (χ0v) is 29.7. The highest BCUT2D eigenvalue weighted by Gasteiger charge is 2.62. The Hall–Kier alpha value is -3.46. The number of imidazole rings is 1. The average molecular weight is 656 g/mol. The van der Waals surface area contributed by atoms with Crippen LogP contribution >= 0.6 is 0 Å². The number of nitro groups is 1. The van der Waals surface area contributed by atoms with Crippen molar-refractivity contribution < 1.29 is 29.0 Å². The number of amides is 1. The van der Waals surface area contributed by atoms with E-state index in [0.29, 0.717) is 11.2 Å². The Labute approximate surface area is 272 Å². The number of nitro benzene ring substituents is 1. The maximum Gasteiger partial charge on any atom is 0.416 e. The van der Waals surface area contributed by atoms with Gasteiger partial charge in [-0.2, -0.15) is 0 Å². The largest absolute Gasteiger partial charge is 0.443 e. The van der Waals surface area contributed by atoms with Crippen LogP contribution in [0.4, 0.5) is 16.3 Å². The molecule has 1 radical (unpaired) electrons. The molecule has 1 aliphatic rings. The number of carbonyl (C=O) groups excluding carboxylic acids is 1. The molecule has 1 fully saturated rings. The molecule has 1 saturated heterocycles. The maximum absolute atomic E-state index is 13.7. The van der Waals surface area contributed by atoms with Crippen LogP contribution in [0.15, 0.2) is 36.9 Å². The minimum absolute atomic E-state index is 0.129. The standard InChI is InChI=1S/C32H47N6O7Si/c1-28(2,3)31(40)18-32(46(10)11,44-23(31)17-43-29(4,5)6)37-20-35-24-25(33-19-34-26(24)37)36(27(39)45-30(7,8)9)16-21-14-12-13-15-22(21)38(41)42/h12-15,19-20,23,40H,16-18H2,1-11H3/t23-,31+,32+/m1/s1. The van der Waals surface area contributed by atoms with Gasteiger partial charge in [0.15, 0.2) is 17.0 Å². The molecule has 3 atom stereocenters. The Morgan fingerprint density at radius 1 is 1.11 bits per heavy atom. The van der Waals surface area contributed by atoms with E-state index >= 15 is 0 Å². The summed E-state index contributed by atoms with van der Waals surface area (Å²) in [5, 5.41) is 23.2. The van der Waals surface area contributed by atoms with E-state index in [4.69, 9.17) is 14.2 Å². The number of para-hydroxylation sites is 1. The SMILES string of the molecule is C[Si](C)[C@]1(n2cnc3c(N(Cc4ccccc4[N+](=O)[O-])C(=O)OC(C)(C)C)ncnc32)C[C@@](O)(C(C)(C)C)[C@@H](COC(C)(C)C)O1. The van der Waals surface area contributed by atoms with Crippen LogP contribution in [-0.4, -0.2) is 74.0 Å². The molecule has 251 valence electrons. The number of aliphatic hydroxyl groups is 1. The topological polar surface area (TPSA) is 155 Å². The van der Waals surface area contributed by atoms with Crippen molar-refractivity contribution in [2.45, 2.75) is 117 Å². The lowest BCUT2D eigenvalue weighted by molar-refractivity contribution is -0.385. The minimum Gasteiger partial charge on any atom is -0.443 e. The molecule has 3 heterocycles. The van der Waals surface area contributed by atoms with Crippen LogP contribution in [0.1, 0.15) is 74.3 Å². The second kappa shape index (κ2) is 12.3. The first-order valence-corrected chi connectivity index (χ1v) is 17.9. The molecular formula is C32H47N6O7Si. The van der Waals surface area contributed by atoms with E-state index in [-0.39, 0.29) is 36.6 Å². The zero-order chi connectivity index (χ0) is 34.5. The predicted molar refractivity (Wildman–Crippen MR) is 176 cm³/mol. The van der Waals surface area contributed by atoms with Crippen molar-refractivity contribution in [2.24, 2.45) is 5.41 Å². The number of rotatable bonds is 8. The molecule has 1 aliphatic heterocycles. The van der Waals surface area contributed by atoms with E-state index in [1.54, 1.807) is 45.3 Å². The van der Waals surface area contributed by atoms with Crippen LogP contribution in [0.2, 0.25) is 13.1 Å². The van der Waals surface area contributed by atoms with Gasteiger partial charge in [-0.25, -0.2) is 19.7 Å². The second-order valence-corrected chi connectivity index (χ2v) is 17.9. The lowest BCUT2D eigenvalue weighted by atomic mass is 9.72. The van der Waals surface area contributed by atoms with Crippen molar-refractivity contribution in [1.82, 2.24) is 19.5 Å². The molecule has 1 amide bonds. The lowest BCUT2D eigenvalue weighted by Crippen LogP contribution is -2.52. The molecule has 14 heteroatoms. The van der Waals surface area contributed by atoms with Crippen molar-refractivity contribution in [1.29, 1.82) is 0 Å². The molecule has 3 aromatic rings. The minimum atomic E-state index is -1.39. The number of nitrogens with zero attached hydrogens (tertiary/aromatic N) is 6. The van der Waals surface area contributed by atoms with Crippen molar-refractivity contribution in [3.63, 3.8) is 0 Å². The Kier molecular flexibility index (Phi) is 9.45. The predicted octanol–water partition coefficient (Wildman–Crippen LogP) is 6.00. The van der Waals surface area contributed by atoms with Gasteiger partial charge in [-0.3, -0.25) is 19.6 Å². The monoisotopic (exact) mass is 655 g/mol. The quantitative estimate of drug-likeness (QED) is 0.173. The first-order chi connectivity index (χ1) is 21.1. The van der Waals surface area contributed by atoms with Crippen molar-refractivity contribution in [2.75, 3.05) is 11.5 Å². The summed E-state index contributed by atoms with van der Waals surface area (Å²) < 4.78 is 20.6. The third-order valence-corrected chi connectivity index (χ3v) is 10.3. The van der Waals surface area contributed by atoms with E-state index in [9.17, 15) is 20.0 Å². The van der Waals surface area contributed by atoms with Crippen molar-refractivity contribution >= 4 is 37.6 Å². The maximum atomic E-state index is 13.7. The lowest BCUT2D eigenvalue weighted by Gasteiger charge is -2.41. The summed E-state index contributed by atoms with van der Waals surface area (Å²) in [6, 6.07) is 6.21. The third kappa shape index (κ3) is 6.94. The van der Waals surface area contributed by atoms with Crippen LogP contribution in [-0.2, 0) is 26.1 Å². The number of benzene rings is 1. The Morgan fingerprint density at radius 2 is 1.76 bits per heavy atom. The fourth-order valence-corrected chi connectivity index (χ4v) is 7.24. The van der Waals surface area contributed by atoms with Crippen LogP contribution in [0.25, 0.3) is 11.2 Å². The fraction of sp³-hybridized carbons (Fsp3) is 0.625. The summed E-state index contributed by atoms with van der Waals surface area (Å²) in [4.78, 5) is 40.0. The summed E-state index contributed by atoms with van der Waals surface area (Å²) in [6.45, 7) is 21.3. The Bertz CT molecular complexity index is 1590. The van der Waals surface area contributed by atoms with Gasteiger partial charge in [0.1, 0.15) is 37.8 Å². The van der Waals surface area contributed by atoms with Gasteiger partial charge < -0.3 is 19.3 Å². The van der Waals surface area contributed by atoms with Crippen LogP contribution < -0.4 is 4.90 Å². The number of hydrogen-bond acceptors (Lipinski definition) is 10. The molecule has 0 aliphatic carbocycles. The van der Waals surface area contributed by atoms with E-state index in [1.807, 2.05) is 46.1 Å². The fourth-order valence-electron chi connectivity index (χ4n) is 5.60. The number of aromatic nitrogens is 4. The van der Waals surface area contributed by atoms with Crippen molar-refractivity contribution in [3.8, 4) is 0 Å². The van der Waals surface area contributed by atoms with E-state index in [1.165, 1.54) is 17.3 Å².